The minimum Gasteiger partial charge on any atom is -0.351 e. The Balaban J connectivity index is 1.64. The van der Waals surface area contributed by atoms with Crippen molar-refractivity contribution >= 4 is 5.91 Å². The molecule has 1 aliphatic heterocycles. The van der Waals surface area contributed by atoms with Crippen LogP contribution in [0.3, 0.4) is 0 Å². The first-order valence-corrected chi connectivity index (χ1v) is 7.81. The predicted molar refractivity (Wildman–Crippen MR) is 72.3 cm³/mol. The number of carbonyl (C=O) groups is 1. The summed E-state index contributed by atoms with van der Waals surface area (Å²) < 4.78 is 0. The third-order valence-electron chi connectivity index (χ3n) is 4.91. The molecule has 3 rings (SSSR count). The van der Waals surface area contributed by atoms with Crippen molar-refractivity contribution in [2.45, 2.75) is 69.9 Å². The molecule has 0 aromatic carbocycles. The van der Waals surface area contributed by atoms with Crippen LogP contribution in [0.5, 0.6) is 0 Å². The fourth-order valence-electron chi connectivity index (χ4n) is 3.57. The van der Waals surface area contributed by atoms with Crippen molar-refractivity contribution in [1.29, 1.82) is 0 Å². The normalized spacial score (nSPS) is 31.9. The van der Waals surface area contributed by atoms with E-state index in [0.717, 1.165) is 44.1 Å². The van der Waals surface area contributed by atoms with E-state index in [1.165, 1.54) is 25.7 Å². The van der Waals surface area contributed by atoms with Crippen molar-refractivity contribution in [1.82, 2.24) is 10.6 Å². The Morgan fingerprint density at radius 3 is 2.44 bits per heavy atom. The van der Waals surface area contributed by atoms with Crippen LogP contribution in [0.25, 0.3) is 0 Å². The van der Waals surface area contributed by atoms with Gasteiger partial charge in [-0.25, -0.2) is 0 Å². The van der Waals surface area contributed by atoms with E-state index < -0.39 is 0 Å². The second-order valence-corrected chi connectivity index (χ2v) is 6.54. The van der Waals surface area contributed by atoms with Crippen LogP contribution in [0.2, 0.25) is 0 Å². The summed E-state index contributed by atoms with van der Waals surface area (Å²) in [5.74, 6) is 1.88. The molecule has 2 N–H and O–H groups in total. The van der Waals surface area contributed by atoms with Gasteiger partial charge in [-0.15, -0.1) is 0 Å². The van der Waals surface area contributed by atoms with Crippen molar-refractivity contribution in [2.75, 3.05) is 6.54 Å². The highest BCUT2D eigenvalue weighted by atomic mass is 16.2. The molecule has 1 saturated heterocycles. The number of rotatable bonds is 6. The van der Waals surface area contributed by atoms with Crippen LogP contribution in [0.1, 0.15) is 58.3 Å². The van der Waals surface area contributed by atoms with Gasteiger partial charge in [-0.3, -0.25) is 4.79 Å². The molecule has 102 valence electrons. The molecule has 3 aliphatic rings. The lowest BCUT2D eigenvalue weighted by Gasteiger charge is -2.30. The van der Waals surface area contributed by atoms with Gasteiger partial charge in [0.25, 0.3) is 0 Å². The monoisotopic (exact) mass is 250 g/mol. The first kappa shape index (κ1) is 12.5. The zero-order valence-electron chi connectivity index (χ0n) is 11.5. The molecule has 1 heterocycles. The maximum atomic E-state index is 12.7. The van der Waals surface area contributed by atoms with Gasteiger partial charge in [-0.2, -0.15) is 0 Å². The molecule has 3 heteroatoms. The Morgan fingerprint density at radius 1 is 1.33 bits per heavy atom. The molecule has 0 aromatic rings. The molecule has 0 spiro atoms. The molecule has 0 bridgehead atoms. The third kappa shape index (κ3) is 2.42. The first-order chi connectivity index (χ1) is 8.75. The van der Waals surface area contributed by atoms with Crippen LogP contribution < -0.4 is 10.6 Å². The summed E-state index contributed by atoms with van der Waals surface area (Å²) in [6.07, 6.45) is 9.55. The van der Waals surface area contributed by atoms with Gasteiger partial charge >= 0.3 is 0 Å². The Hall–Kier alpha value is -0.570. The quantitative estimate of drug-likeness (QED) is 0.759. The molecular weight excluding hydrogens is 224 g/mol. The van der Waals surface area contributed by atoms with E-state index in [1.54, 1.807) is 0 Å². The number of carbonyl (C=O) groups excluding carboxylic acids is 1. The van der Waals surface area contributed by atoms with Gasteiger partial charge in [0.05, 0.1) is 5.54 Å². The van der Waals surface area contributed by atoms with Crippen LogP contribution in [-0.4, -0.2) is 24.0 Å². The number of nitrogens with one attached hydrogen (secondary N) is 2. The molecule has 0 aromatic heterocycles. The average Bonchev–Trinajstić information content (AvgIpc) is 3.27. The Bertz CT molecular complexity index is 302. The summed E-state index contributed by atoms with van der Waals surface area (Å²) >= 11 is 0. The summed E-state index contributed by atoms with van der Waals surface area (Å²) in [5.41, 5.74) is -0.239. The zero-order valence-corrected chi connectivity index (χ0v) is 11.5. The van der Waals surface area contributed by atoms with Gasteiger partial charge in [-0.1, -0.05) is 13.3 Å². The third-order valence-corrected chi connectivity index (χ3v) is 4.91. The summed E-state index contributed by atoms with van der Waals surface area (Å²) in [4.78, 5) is 12.7. The molecule has 2 saturated carbocycles. The minimum absolute atomic E-state index is 0.239. The van der Waals surface area contributed by atoms with E-state index in [4.69, 9.17) is 0 Å². The lowest BCUT2D eigenvalue weighted by atomic mass is 9.90. The fourth-order valence-corrected chi connectivity index (χ4v) is 3.57. The number of hydrogen-bond acceptors (Lipinski definition) is 2. The van der Waals surface area contributed by atoms with Crippen LogP contribution in [-0.2, 0) is 4.79 Å². The number of hydrogen-bond donors (Lipinski definition) is 2. The van der Waals surface area contributed by atoms with Crippen LogP contribution in [0.15, 0.2) is 0 Å². The summed E-state index contributed by atoms with van der Waals surface area (Å²) in [7, 11) is 0. The van der Waals surface area contributed by atoms with Crippen molar-refractivity contribution in [3.8, 4) is 0 Å². The molecule has 1 atom stereocenters. The van der Waals surface area contributed by atoms with Gasteiger partial charge in [0, 0.05) is 6.04 Å². The van der Waals surface area contributed by atoms with E-state index in [1.807, 2.05) is 0 Å². The van der Waals surface area contributed by atoms with E-state index in [2.05, 4.69) is 17.6 Å². The Morgan fingerprint density at radius 2 is 2.00 bits per heavy atom. The molecule has 3 fully saturated rings. The lowest BCUT2D eigenvalue weighted by Crippen LogP contribution is -2.56. The highest BCUT2D eigenvalue weighted by Crippen LogP contribution is 2.44. The average molecular weight is 250 g/mol. The summed E-state index contributed by atoms with van der Waals surface area (Å²) in [6, 6.07) is 0.494. The maximum absolute atomic E-state index is 12.7. The second kappa shape index (κ2) is 4.84. The molecule has 3 nitrogen and oxygen atoms in total. The molecule has 1 unspecified atom stereocenters. The summed E-state index contributed by atoms with van der Waals surface area (Å²) in [6.45, 7) is 3.18. The van der Waals surface area contributed by atoms with Crippen molar-refractivity contribution in [3.63, 3.8) is 0 Å². The predicted octanol–water partition coefficient (Wildman–Crippen LogP) is 2.21. The van der Waals surface area contributed by atoms with Crippen molar-refractivity contribution < 1.29 is 4.79 Å². The van der Waals surface area contributed by atoms with E-state index in [9.17, 15) is 4.79 Å². The highest BCUT2D eigenvalue weighted by molar-refractivity contribution is 5.87. The van der Waals surface area contributed by atoms with Gasteiger partial charge in [-0.05, 0) is 63.3 Å². The summed E-state index contributed by atoms with van der Waals surface area (Å²) in [5, 5.41) is 6.89. The molecular formula is C15H26N2O. The second-order valence-electron chi connectivity index (χ2n) is 6.54. The van der Waals surface area contributed by atoms with Gasteiger partial charge in [0.1, 0.15) is 0 Å². The Kier molecular flexibility index (Phi) is 3.35. The first-order valence-electron chi connectivity index (χ1n) is 7.81. The van der Waals surface area contributed by atoms with E-state index in [-0.39, 0.29) is 5.54 Å². The minimum atomic E-state index is -0.239. The van der Waals surface area contributed by atoms with Gasteiger partial charge in [0.2, 0.25) is 5.91 Å². The van der Waals surface area contributed by atoms with Crippen LogP contribution in [0, 0.1) is 11.8 Å². The van der Waals surface area contributed by atoms with Crippen LogP contribution in [0.4, 0.5) is 0 Å². The van der Waals surface area contributed by atoms with E-state index in [0.29, 0.717) is 11.9 Å². The highest BCUT2D eigenvalue weighted by Gasteiger charge is 2.46. The SMILES string of the molecule is CCCC1(C(=O)NC(C2CC2)C2CC2)CCCN1. The topological polar surface area (TPSA) is 41.1 Å². The maximum Gasteiger partial charge on any atom is 0.240 e. The fraction of sp³-hybridized carbons (Fsp3) is 0.933. The molecule has 18 heavy (non-hydrogen) atoms. The smallest absolute Gasteiger partial charge is 0.240 e. The van der Waals surface area contributed by atoms with Crippen molar-refractivity contribution in [3.05, 3.63) is 0 Å². The standard InChI is InChI=1S/C15H26N2O/c1-2-8-15(9-3-10-16-15)14(18)17-13(11-4-5-11)12-6-7-12/h11-13,16H,2-10H2,1H3,(H,17,18). The zero-order chi connectivity index (χ0) is 12.6. The van der Waals surface area contributed by atoms with Crippen molar-refractivity contribution in [2.24, 2.45) is 11.8 Å². The van der Waals surface area contributed by atoms with Gasteiger partial charge < -0.3 is 10.6 Å². The van der Waals surface area contributed by atoms with Gasteiger partial charge in [0.15, 0.2) is 0 Å². The molecule has 1 amide bonds. The van der Waals surface area contributed by atoms with Crippen LogP contribution >= 0.6 is 0 Å². The molecule has 0 radical (unpaired) electrons. The largest absolute Gasteiger partial charge is 0.351 e. The molecule has 2 aliphatic carbocycles. The lowest BCUT2D eigenvalue weighted by molar-refractivity contribution is -0.128. The number of amides is 1. The van der Waals surface area contributed by atoms with E-state index >= 15 is 0 Å². The Labute approximate surface area is 110 Å².